The lowest BCUT2D eigenvalue weighted by Crippen LogP contribution is -2.50. The Balaban J connectivity index is 1.82. The maximum absolute atomic E-state index is 9.69. The van der Waals surface area contributed by atoms with E-state index in [2.05, 4.69) is 17.1 Å². The number of nitrogens with zero attached hydrogens (tertiary/aromatic N) is 1. The van der Waals surface area contributed by atoms with E-state index >= 15 is 0 Å². The zero-order valence-electron chi connectivity index (χ0n) is 12.1. The average molecular weight is 254 g/mol. The number of hydrogen-bond donors (Lipinski definition) is 2. The molecule has 1 saturated heterocycles. The van der Waals surface area contributed by atoms with Crippen molar-refractivity contribution in [3.8, 4) is 0 Å². The molecule has 0 aromatic heterocycles. The Labute approximate surface area is 112 Å². The summed E-state index contributed by atoms with van der Waals surface area (Å²) in [6, 6.07) is 0. The van der Waals surface area contributed by atoms with Crippen molar-refractivity contribution in [2.24, 2.45) is 11.8 Å². The van der Waals surface area contributed by atoms with Crippen LogP contribution in [-0.4, -0.2) is 48.8 Å². The maximum atomic E-state index is 9.69. The molecule has 2 rings (SSSR count). The fraction of sp³-hybridized carbons (Fsp3) is 1.00. The van der Waals surface area contributed by atoms with Crippen LogP contribution in [-0.2, 0) is 0 Å². The number of hydrogen-bond acceptors (Lipinski definition) is 3. The van der Waals surface area contributed by atoms with Crippen molar-refractivity contribution in [3.05, 3.63) is 0 Å². The van der Waals surface area contributed by atoms with Crippen molar-refractivity contribution in [1.29, 1.82) is 0 Å². The van der Waals surface area contributed by atoms with Crippen LogP contribution in [0.4, 0.5) is 0 Å². The van der Waals surface area contributed by atoms with Gasteiger partial charge in [-0.15, -0.1) is 0 Å². The number of piperidine rings is 1. The summed E-state index contributed by atoms with van der Waals surface area (Å²) in [5, 5.41) is 13.1. The van der Waals surface area contributed by atoms with Crippen LogP contribution in [0.3, 0.4) is 0 Å². The Kier molecular flexibility index (Phi) is 5.05. The molecule has 1 saturated carbocycles. The predicted octanol–water partition coefficient (Wildman–Crippen LogP) is 1.86. The second kappa shape index (κ2) is 6.36. The predicted molar refractivity (Wildman–Crippen MR) is 75.7 cm³/mol. The van der Waals surface area contributed by atoms with Crippen molar-refractivity contribution in [3.63, 3.8) is 0 Å². The van der Waals surface area contributed by atoms with Gasteiger partial charge < -0.3 is 15.3 Å². The van der Waals surface area contributed by atoms with Gasteiger partial charge in [0, 0.05) is 12.1 Å². The van der Waals surface area contributed by atoms with E-state index in [1.165, 1.54) is 51.7 Å². The van der Waals surface area contributed by atoms with E-state index in [9.17, 15) is 5.11 Å². The number of aliphatic hydroxyl groups is 1. The molecule has 3 atom stereocenters. The van der Waals surface area contributed by atoms with Crippen molar-refractivity contribution < 1.29 is 5.11 Å². The molecule has 0 amide bonds. The monoisotopic (exact) mass is 254 g/mol. The number of aliphatic hydroxyl groups excluding tert-OH is 1. The summed E-state index contributed by atoms with van der Waals surface area (Å²) in [6.45, 7) is 6.44. The molecule has 0 bridgehead atoms. The second-order valence-electron chi connectivity index (χ2n) is 6.49. The van der Waals surface area contributed by atoms with Crippen LogP contribution < -0.4 is 5.32 Å². The van der Waals surface area contributed by atoms with E-state index in [4.69, 9.17) is 0 Å². The van der Waals surface area contributed by atoms with Crippen molar-refractivity contribution in [2.75, 3.05) is 33.3 Å². The van der Waals surface area contributed by atoms with Crippen LogP contribution in [0.15, 0.2) is 0 Å². The summed E-state index contributed by atoms with van der Waals surface area (Å²) in [4.78, 5) is 2.63. The molecule has 3 unspecified atom stereocenters. The van der Waals surface area contributed by atoms with Gasteiger partial charge in [0.25, 0.3) is 0 Å². The third-order valence-electron chi connectivity index (χ3n) is 5.27. The Morgan fingerprint density at radius 1 is 1.33 bits per heavy atom. The first-order valence-corrected chi connectivity index (χ1v) is 7.72. The lowest BCUT2D eigenvalue weighted by molar-refractivity contribution is 0.110. The lowest BCUT2D eigenvalue weighted by atomic mass is 9.85. The first-order chi connectivity index (χ1) is 8.70. The lowest BCUT2D eigenvalue weighted by Gasteiger charge is -2.36. The van der Waals surface area contributed by atoms with Gasteiger partial charge in [0.2, 0.25) is 0 Å². The number of rotatable bonds is 5. The molecule has 0 aromatic rings. The Morgan fingerprint density at radius 2 is 2.17 bits per heavy atom. The molecule has 106 valence electrons. The zero-order valence-corrected chi connectivity index (χ0v) is 12.1. The molecule has 3 heteroatoms. The minimum absolute atomic E-state index is 0.0153. The standard InChI is InChI=1S/C15H30N2O/c1-13-5-4-9-17(11-13)10-7-14-6-3-8-15(14,12-18)16-2/h13-14,16,18H,3-12H2,1-2H3. The molecule has 2 aliphatic rings. The smallest absolute Gasteiger partial charge is 0.0615 e. The fourth-order valence-corrected chi connectivity index (χ4v) is 4.01. The van der Waals surface area contributed by atoms with Gasteiger partial charge >= 0.3 is 0 Å². The van der Waals surface area contributed by atoms with Crippen LogP contribution in [0.25, 0.3) is 0 Å². The number of likely N-dealkylation sites (tertiary alicyclic amines) is 1. The topological polar surface area (TPSA) is 35.5 Å². The Bertz CT molecular complexity index is 253. The summed E-state index contributed by atoms with van der Waals surface area (Å²) in [5.74, 6) is 1.53. The van der Waals surface area contributed by atoms with E-state index in [0.29, 0.717) is 12.5 Å². The van der Waals surface area contributed by atoms with Gasteiger partial charge in [0.15, 0.2) is 0 Å². The third kappa shape index (κ3) is 3.06. The average Bonchev–Trinajstić information content (AvgIpc) is 2.80. The molecule has 2 fully saturated rings. The third-order valence-corrected chi connectivity index (χ3v) is 5.27. The molecule has 0 aromatic carbocycles. The van der Waals surface area contributed by atoms with Crippen LogP contribution in [0, 0.1) is 11.8 Å². The highest BCUT2D eigenvalue weighted by molar-refractivity contribution is 4.98. The highest BCUT2D eigenvalue weighted by Crippen LogP contribution is 2.37. The van der Waals surface area contributed by atoms with Gasteiger partial charge in [0.1, 0.15) is 0 Å². The van der Waals surface area contributed by atoms with E-state index in [0.717, 1.165) is 12.3 Å². The molecular formula is C15H30N2O. The molecule has 0 spiro atoms. The summed E-state index contributed by atoms with van der Waals surface area (Å²) in [6.07, 6.45) is 7.70. The van der Waals surface area contributed by atoms with E-state index < -0.39 is 0 Å². The van der Waals surface area contributed by atoms with E-state index in [-0.39, 0.29) is 5.54 Å². The summed E-state index contributed by atoms with van der Waals surface area (Å²) < 4.78 is 0. The largest absolute Gasteiger partial charge is 0.394 e. The maximum Gasteiger partial charge on any atom is 0.0615 e. The SMILES string of the molecule is CNC1(CO)CCCC1CCN1CCCC(C)C1. The molecule has 3 nitrogen and oxygen atoms in total. The Hall–Kier alpha value is -0.120. The number of nitrogens with one attached hydrogen (secondary N) is 1. The van der Waals surface area contributed by atoms with Gasteiger partial charge in [-0.2, -0.15) is 0 Å². The Morgan fingerprint density at radius 3 is 2.83 bits per heavy atom. The van der Waals surface area contributed by atoms with Crippen molar-refractivity contribution in [2.45, 2.75) is 51.0 Å². The van der Waals surface area contributed by atoms with Crippen LogP contribution in [0.2, 0.25) is 0 Å². The first kappa shape index (κ1) is 14.3. The summed E-state index contributed by atoms with van der Waals surface area (Å²) in [7, 11) is 2.01. The second-order valence-corrected chi connectivity index (χ2v) is 6.49. The molecular weight excluding hydrogens is 224 g/mol. The van der Waals surface area contributed by atoms with Crippen LogP contribution in [0.1, 0.15) is 45.4 Å². The van der Waals surface area contributed by atoms with Crippen molar-refractivity contribution >= 4 is 0 Å². The molecule has 1 aliphatic heterocycles. The van der Waals surface area contributed by atoms with E-state index in [1.54, 1.807) is 0 Å². The van der Waals surface area contributed by atoms with Crippen LogP contribution >= 0.6 is 0 Å². The molecule has 1 heterocycles. The molecule has 0 radical (unpaired) electrons. The quantitative estimate of drug-likeness (QED) is 0.786. The molecule has 2 N–H and O–H groups in total. The zero-order chi connectivity index (χ0) is 13.0. The molecule has 18 heavy (non-hydrogen) atoms. The van der Waals surface area contributed by atoms with Crippen molar-refractivity contribution in [1.82, 2.24) is 10.2 Å². The van der Waals surface area contributed by atoms with Gasteiger partial charge in [0.05, 0.1) is 6.61 Å². The highest BCUT2D eigenvalue weighted by atomic mass is 16.3. The van der Waals surface area contributed by atoms with Crippen LogP contribution in [0.5, 0.6) is 0 Å². The van der Waals surface area contributed by atoms with E-state index in [1.807, 2.05) is 7.05 Å². The number of likely N-dealkylation sites (N-methyl/N-ethyl adjacent to an activating group) is 1. The normalized spacial score (nSPS) is 38.2. The minimum Gasteiger partial charge on any atom is -0.394 e. The highest BCUT2D eigenvalue weighted by Gasteiger charge is 2.40. The van der Waals surface area contributed by atoms with Gasteiger partial charge in [-0.05, 0) is 64.1 Å². The van der Waals surface area contributed by atoms with Gasteiger partial charge in [-0.3, -0.25) is 0 Å². The summed E-state index contributed by atoms with van der Waals surface area (Å²) in [5.41, 5.74) is 0.0153. The first-order valence-electron chi connectivity index (χ1n) is 7.72. The van der Waals surface area contributed by atoms with Gasteiger partial charge in [-0.1, -0.05) is 13.3 Å². The van der Waals surface area contributed by atoms with Gasteiger partial charge in [-0.25, -0.2) is 0 Å². The summed E-state index contributed by atoms with van der Waals surface area (Å²) >= 11 is 0. The minimum atomic E-state index is 0.0153. The fourth-order valence-electron chi connectivity index (χ4n) is 4.01. The molecule has 1 aliphatic carbocycles.